The molecule has 2 nitrogen and oxygen atoms in total. The van der Waals surface area contributed by atoms with Crippen molar-refractivity contribution < 1.29 is 9.28 Å². The fraction of sp³-hybridized carbons (Fsp3) is 0.909. The number of likely N-dealkylation sites (N-methyl/N-ethyl adjacent to an activating group) is 1. The Hall–Kier alpha value is -0.370. The van der Waals surface area contributed by atoms with Crippen molar-refractivity contribution in [1.29, 1.82) is 0 Å². The first-order chi connectivity index (χ1) is 5.75. The number of carbonyl (C=O) groups is 1. The van der Waals surface area contributed by atoms with E-state index in [9.17, 15) is 4.79 Å². The van der Waals surface area contributed by atoms with Gasteiger partial charge in [-0.3, -0.25) is 4.79 Å². The molecule has 0 saturated carbocycles. The lowest BCUT2D eigenvalue weighted by Crippen LogP contribution is -2.51. The molecule has 1 rings (SSSR count). The zero-order valence-electron chi connectivity index (χ0n) is 9.55. The van der Waals surface area contributed by atoms with E-state index in [1.165, 1.54) is 6.42 Å². The lowest BCUT2D eigenvalue weighted by molar-refractivity contribution is -0.893. The van der Waals surface area contributed by atoms with Gasteiger partial charge in [-0.05, 0) is 0 Å². The van der Waals surface area contributed by atoms with Crippen molar-refractivity contribution >= 4 is 5.78 Å². The van der Waals surface area contributed by atoms with Crippen molar-refractivity contribution in [3.05, 3.63) is 0 Å². The third-order valence-electron chi connectivity index (χ3n) is 3.10. The molecule has 0 aromatic rings. The first-order valence-corrected chi connectivity index (χ1v) is 5.12. The maximum absolute atomic E-state index is 12.1. The second-order valence-electron chi connectivity index (χ2n) is 5.77. The van der Waals surface area contributed by atoms with Crippen LogP contribution in [0, 0.1) is 5.41 Å². The Bertz CT molecular complexity index is 213. The minimum absolute atomic E-state index is 0.176. The molecule has 0 unspecified atom stereocenters. The van der Waals surface area contributed by atoms with Crippen LogP contribution in [0.5, 0.6) is 0 Å². The molecule has 0 aliphatic carbocycles. The van der Waals surface area contributed by atoms with E-state index in [2.05, 4.69) is 14.1 Å². The van der Waals surface area contributed by atoms with Gasteiger partial charge in [0, 0.05) is 18.3 Å². The summed E-state index contributed by atoms with van der Waals surface area (Å²) in [5, 5.41) is 0. The summed E-state index contributed by atoms with van der Waals surface area (Å²) in [5.74, 6) is 0.426. The van der Waals surface area contributed by atoms with Crippen molar-refractivity contribution in [3.8, 4) is 0 Å². The SMILES string of the molecule is CC(C)(C)C(=O)[C@@H]1CCC[N+]1(C)C. The molecule has 0 amide bonds. The lowest BCUT2D eigenvalue weighted by Gasteiger charge is -2.33. The van der Waals surface area contributed by atoms with Crippen molar-refractivity contribution in [2.24, 2.45) is 5.41 Å². The summed E-state index contributed by atoms with van der Waals surface area (Å²) in [6.45, 7) is 7.21. The number of nitrogens with zero attached hydrogens (tertiary/aromatic N) is 1. The molecule has 1 fully saturated rings. The second kappa shape index (κ2) is 3.09. The first kappa shape index (κ1) is 10.7. The first-order valence-electron chi connectivity index (χ1n) is 5.12. The van der Waals surface area contributed by atoms with E-state index in [1.807, 2.05) is 20.8 Å². The number of likely N-dealkylation sites (tertiary alicyclic amines) is 1. The fourth-order valence-corrected chi connectivity index (χ4v) is 2.15. The van der Waals surface area contributed by atoms with Crippen molar-refractivity contribution in [2.45, 2.75) is 39.7 Å². The highest BCUT2D eigenvalue weighted by atomic mass is 16.1. The van der Waals surface area contributed by atoms with Crippen LogP contribution in [0.25, 0.3) is 0 Å². The summed E-state index contributed by atoms with van der Waals surface area (Å²) in [5.41, 5.74) is -0.176. The Morgan fingerprint density at radius 3 is 2.15 bits per heavy atom. The van der Waals surface area contributed by atoms with Crippen molar-refractivity contribution in [2.75, 3.05) is 20.6 Å². The Labute approximate surface area is 81.5 Å². The summed E-state index contributed by atoms with van der Waals surface area (Å²) < 4.78 is 0.885. The molecule has 0 spiro atoms. The van der Waals surface area contributed by atoms with E-state index in [0.29, 0.717) is 5.78 Å². The van der Waals surface area contributed by atoms with Crippen LogP contribution in [0.4, 0.5) is 0 Å². The molecular weight excluding hydrogens is 162 g/mol. The van der Waals surface area contributed by atoms with E-state index >= 15 is 0 Å². The van der Waals surface area contributed by atoms with E-state index in [4.69, 9.17) is 0 Å². The van der Waals surface area contributed by atoms with Crippen LogP contribution < -0.4 is 0 Å². The highest BCUT2D eigenvalue weighted by molar-refractivity contribution is 5.87. The molecule has 76 valence electrons. The van der Waals surface area contributed by atoms with Crippen LogP contribution in [-0.4, -0.2) is 36.9 Å². The van der Waals surface area contributed by atoms with E-state index in [1.54, 1.807) is 0 Å². The number of rotatable bonds is 1. The summed E-state index contributed by atoms with van der Waals surface area (Å²) >= 11 is 0. The maximum atomic E-state index is 12.1. The zero-order valence-corrected chi connectivity index (χ0v) is 9.55. The molecule has 1 aliphatic rings. The normalized spacial score (nSPS) is 27.6. The average molecular weight is 184 g/mol. The molecule has 0 bridgehead atoms. The molecule has 0 N–H and O–H groups in total. The van der Waals surface area contributed by atoms with Gasteiger partial charge in [0.15, 0.2) is 5.78 Å². The Morgan fingerprint density at radius 1 is 1.31 bits per heavy atom. The van der Waals surface area contributed by atoms with Gasteiger partial charge in [0.2, 0.25) is 0 Å². The van der Waals surface area contributed by atoms with Gasteiger partial charge in [-0.15, -0.1) is 0 Å². The molecule has 0 aromatic carbocycles. The number of hydrogen-bond donors (Lipinski definition) is 0. The standard InChI is InChI=1S/C11H22NO/c1-11(2,3)10(13)9-7-6-8-12(9,4)5/h9H,6-8H2,1-5H3/q+1/t9-/m0/s1. The number of quaternary nitrogens is 1. The number of Topliss-reactive ketones (excluding diaryl/α,β-unsaturated/α-hetero) is 1. The molecule has 0 radical (unpaired) electrons. The Balaban J connectivity index is 2.79. The lowest BCUT2D eigenvalue weighted by atomic mass is 9.85. The van der Waals surface area contributed by atoms with Crippen LogP contribution in [0.3, 0.4) is 0 Å². The van der Waals surface area contributed by atoms with Gasteiger partial charge < -0.3 is 4.48 Å². The van der Waals surface area contributed by atoms with Gasteiger partial charge in [-0.25, -0.2) is 0 Å². The number of carbonyl (C=O) groups excluding carboxylic acids is 1. The van der Waals surface area contributed by atoms with E-state index in [0.717, 1.165) is 17.4 Å². The number of hydrogen-bond acceptors (Lipinski definition) is 1. The highest BCUT2D eigenvalue weighted by Crippen LogP contribution is 2.29. The Kier molecular flexibility index (Phi) is 2.54. The van der Waals surface area contributed by atoms with Crippen LogP contribution in [-0.2, 0) is 4.79 Å². The third-order valence-corrected chi connectivity index (χ3v) is 3.10. The second-order valence-corrected chi connectivity index (χ2v) is 5.77. The minimum Gasteiger partial charge on any atom is -0.320 e. The third kappa shape index (κ3) is 2.11. The summed E-state index contributed by atoms with van der Waals surface area (Å²) in [6.07, 6.45) is 2.27. The van der Waals surface area contributed by atoms with Gasteiger partial charge in [-0.1, -0.05) is 20.8 Å². The molecular formula is C11H22NO+. The molecule has 0 aromatic heterocycles. The predicted molar refractivity (Wildman–Crippen MR) is 54.5 cm³/mol. The molecule has 1 aliphatic heterocycles. The van der Waals surface area contributed by atoms with Gasteiger partial charge in [0.25, 0.3) is 0 Å². The number of ketones is 1. The molecule has 13 heavy (non-hydrogen) atoms. The van der Waals surface area contributed by atoms with Gasteiger partial charge >= 0.3 is 0 Å². The molecule has 1 saturated heterocycles. The van der Waals surface area contributed by atoms with Crippen molar-refractivity contribution in [1.82, 2.24) is 0 Å². The van der Waals surface area contributed by atoms with E-state index < -0.39 is 0 Å². The van der Waals surface area contributed by atoms with E-state index in [-0.39, 0.29) is 11.5 Å². The monoisotopic (exact) mass is 184 g/mol. The summed E-state index contributed by atoms with van der Waals surface area (Å²) in [6, 6.07) is 0.236. The van der Waals surface area contributed by atoms with Gasteiger partial charge in [0.05, 0.1) is 20.6 Å². The highest BCUT2D eigenvalue weighted by Gasteiger charge is 2.43. The topological polar surface area (TPSA) is 17.1 Å². The summed E-state index contributed by atoms with van der Waals surface area (Å²) in [7, 11) is 4.34. The Morgan fingerprint density at radius 2 is 1.85 bits per heavy atom. The smallest absolute Gasteiger partial charge is 0.195 e. The fourth-order valence-electron chi connectivity index (χ4n) is 2.15. The van der Waals surface area contributed by atoms with Gasteiger partial charge in [0.1, 0.15) is 6.04 Å². The maximum Gasteiger partial charge on any atom is 0.195 e. The molecule has 2 heteroatoms. The van der Waals surface area contributed by atoms with Crippen LogP contribution >= 0.6 is 0 Å². The van der Waals surface area contributed by atoms with Crippen molar-refractivity contribution in [3.63, 3.8) is 0 Å². The minimum atomic E-state index is -0.176. The van der Waals surface area contributed by atoms with Crippen LogP contribution in [0.1, 0.15) is 33.6 Å². The quantitative estimate of drug-likeness (QED) is 0.568. The average Bonchev–Trinajstić information content (AvgIpc) is 2.26. The predicted octanol–water partition coefficient (Wildman–Crippen LogP) is 1.84. The van der Waals surface area contributed by atoms with Gasteiger partial charge in [-0.2, -0.15) is 0 Å². The molecule has 1 atom stereocenters. The van der Waals surface area contributed by atoms with Crippen LogP contribution in [0.15, 0.2) is 0 Å². The molecule has 1 heterocycles. The largest absolute Gasteiger partial charge is 0.320 e. The zero-order chi connectivity index (χ0) is 10.3. The summed E-state index contributed by atoms with van der Waals surface area (Å²) in [4.78, 5) is 12.1. The van der Waals surface area contributed by atoms with Crippen LogP contribution in [0.2, 0.25) is 0 Å².